The summed E-state index contributed by atoms with van der Waals surface area (Å²) in [7, 11) is -2.19. The van der Waals surface area contributed by atoms with E-state index in [9.17, 15) is 8.42 Å². The zero-order chi connectivity index (χ0) is 15.2. The van der Waals surface area contributed by atoms with Crippen LogP contribution in [0.2, 0.25) is 5.02 Å². The molecule has 0 atom stereocenters. The van der Waals surface area contributed by atoms with Gasteiger partial charge in [0.25, 0.3) is 0 Å². The molecule has 0 spiro atoms. The highest BCUT2D eigenvalue weighted by atomic mass is 35.5. The SMILES string of the molecule is COc1cc2c(Cl)c3c(nc2cc1OS(C)(=O)=O)CCC3. The lowest BCUT2D eigenvalue weighted by atomic mass is 10.1. The second-order valence-corrected chi connectivity index (χ2v) is 6.97. The molecule has 0 aliphatic heterocycles. The Hall–Kier alpha value is -1.53. The minimum absolute atomic E-state index is 0.119. The molecule has 0 amide bonds. The van der Waals surface area contributed by atoms with Crippen LogP contribution in [0.3, 0.4) is 0 Å². The van der Waals surface area contributed by atoms with E-state index in [1.54, 1.807) is 12.1 Å². The topological polar surface area (TPSA) is 65.5 Å². The maximum absolute atomic E-state index is 11.3. The fourth-order valence-corrected chi connectivity index (χ4v) is 3.41. The molecule has 0 saturated heterocycles. The molecule has 1 aromatic carbocycles. The number of ether oxygens (including phenoxy) is 1. The van der Waals surface area contributed by atoms with Gasteiger partial charge in [-0.25, -0.2) is 0 Å². The number of aryl methyl sites for hydroxylation is 1. The summed E-state index contributed by atoms with van der Waals surface area (Å²) in [6.45, 7) is 0. The molecule has 1 aromatic heterocycles. The zero-order valence-electron chi connectivity index (χ0n) is 11.6. The number of nitrogens with zero attached hydrogens (tertiary/aromatic N) is 1. The molecule has 2 aromatic rings. The number of methoxy groups -OCH3 is 1. The van der Waals surface area contributed by atoms with E-state index in [1.807, 2.05) is 0 Å². The van der Waals surface area contributed by atoms with Crippen LogP contribution in [0.5, 0.6) is 11.5 Å². The summed E-state index contributed by atoms with van der Waals surface area (Å²) in [6, 6.07) is 3.23. The van der Waals surface area contributed by atoms with Crippen LogP contribution in [-0.4, -0.2) is 26.8 Å². The highest BCUT2D eigenvalue weighted by Gasteiger charge is 2.21. The Bertz CT molecular complexity index is 833. The molecule has 0 saturated carbocycles. The predicted octanol–water partition coefficient (Wildman–Crippen LogP) is 2.72. The fourth-order valence-electron chi connectivity index (χ4n) is 2.60. The second kappa shape index (κ2) is 5.03. The van der Waals surface area contributed by atoms with Gasteiger partial charge in [0.15, 0.2) is 11.5 Å². The van der Waals surface area contributed by atoms with Crippen molar-refractivity contribution in [1.29, 1.82) is 0 Å². The highest BCUT2D eigenvalue weighted by Crippen LogP contribution is 2.39. The summed E-state index contributed by atoms with van der Waals surface area (Å²) in [5.41, 5.74) is 2.66. The summed E-state index contributed by atoms with van der Waals surface area (Å²) in [6.07, 6.45) is 3.82. The molecule has 1 aliphatic rings. The smallest absolute Gasteiger partial charge is 0.306 e. The average Bonchev–Trinajstić information content (AvgIpc) is 2.85. The van der Waals surface area contributed by atoms with Gasteiger partial charge in [0, 0.05) is 17.1 Å². The molecule has 0 unspecified atom stereocenters. The first kappa shape index (κ1) is 14.4. The van der Waals surface area contributed by atoms with Crippen molar-refractivity contribution in [3.8, 4) is 11.5 Å². The first-order valence-electron chi connectivity index (χ1n) is 6.47. The van der Waals surface area contributed by atoms with Crippen molar-refractivity contribution in [3.63, 3.8) is 0 Å². The van der Waals surface area contributed by atoms with Crippen molar-refractivity contribution < 1.29 is 17.3 Å². The van der Waals surface area contributed by atoms with Crippen LogP contribution in [0.4, 0.5) is 0 Å². The monoisotopic (exact) mass is 327 g/mol. The van der Waals surface area contributed by atoms with Gasteiger partial charge in [0.2, 0.25) is 0 Å². The Morgan fingerprint density at radius 1 is 1.24 bits per heavy atom. The van der Waals surface area contributed by atoms with Crippen molar-refractivity contribution in [3.05, 3.63) is 28.4 Å². The third-order valence-corrected chi connectivity index (χ3v) is 4.38. The van der Waals surface area contributed by atoms with Crippen LogP contribution in [0, 0.1) is 0 Å². The van der Waals surface area contributed by atoms with E-state index in [4.69, 9.17) is 20.5 Å². The van der Waals surface area contributed by atoms with E-state index in [1.165, 1.54) is 7.11 Å². The highest BCUT2D eigenvalue weighted by molar-refractivity contribution is 7.86. The largest absolute Gasteiger partial charge is 0.493 e. The van der Waals surface area contributed by atoms with E-state index in [-0.39, 0.29) is 5.75 Å². The van der Waals surface area contributed by atoms with Crippen molar-refractivity contribution in [2.45, 2.75) is 19.3 Å². The molecule has 21 heavy (non-hydrogen) atoms. The predicted molar refractivity (Wildman–Crippen MR) is 80.8 cm³/mol. The Labute approximate surface area is 128 Å². The van der Waals surface area contributed by atoms with Gasteiger partial charge in [-0.05, 0) is 30.9 Å². The molecule has 3 rings (SSSR count). The maximum Gasteiger partial charge on any atom is 0.306 e. The van der Waals surface area contributed by atoms with Crippen LogP contribution >= 0.6 is 11.6 Å². The lowest BCUT2D eigenvalue weighted by Crippen LogP contribution is -2.07. The molecule has 0 radical (unpaired) electrons. The number of pyridine rings is 1. The molecule has 1 heterocycles. The molecule has 1 aliphatic carbocycles. The summed E-state index contributed by atoms with van der Waals surface area (Å²) in [5.74, 6) is 0.434. The van der Waals surface area contributed by atoms with Gasteiger partial charge in [-0.2, -0.15) is 8.42 Å². The maximum atomic E-state index is 11.3. The van der Waals surface area contributed by atoms with E-state index in [2.05, 4.69) is 4.98 Å². The van der Waals surface area contributed by atoms with Crippen LogP contribution in [0.25, 0.3) is 10.9 Å². The molecule has 7 heteroatoms. The summed E-state index contributed by atoms with van der Waals surface area (Å²) < 4.78 is 32.8. The van der Waals surface area contributed by atoms with Gasteiger partial charge in [-0.15, -0.1) is 0 Å². The molecular weight excluding hydrogens is 314 g/mol. The Morgan fingerprint density at radius 3 is 2.67 bits per heavy atom. The van der Waals surface area contributed by atoms with Crippen LogP contribution in [0.1, 0.15) is 17.7 Å². The zero-order valence-corrected chi connectivity index (χ0v) is 13.2. The summed E-state index contributed by atoms with van der Waals surface area (Å²) >= 11 is 6.45. The molecule has 5 nitrogen and oxygen atoms in total. The van der Waals surface area contributed by atoms with Crippen molar-refractivity contribution in [2.75, 3.05) is 13.4 Å². The lowest BCUT2D eigenvalue weighted by molar-refractivity contribution is 0.392. The third kappa shape index (κ3) is 2.65. The number of aromatic nitrogens is 1. The number of fused-ring (bicyclic) bond motifs is 2. The van der Waals surface area contributed by atoms with E-state index in [0.29, 0.717) is 16.3 Å². The Balaban J connectivity index is 2.25. The van der Waals surface area contributed by atoms with E-state index >= 15 is 0 Å². The fraction of sp³-hybridized carbons (Fsp3) is 0.357. The number of rotatable bonds is 3. The van der Waals surface area contributed by atoms with Crippen molar-refractivity contribution in [1.82, 2.24) is 4.98 Å². The molecule has 0 fully saturated rings. The van der Waals surface area contributed by atoms with Gasteiger partial charge in [-0.3, -0.25) is 4.98 Å². The van der Waals surface area contributed by atoms with Gasteiger partial charge < -0.3 is 8.92 Å². The Kier molecular flexibility index (Phi) is 3.45. The minimum atomic E-state index is -3.64. The number of hydrogen-bond acceptors (Lipinski definition) is 5. The van der Waals surface area contributed by atoms with Gasteiger partial charge in [0.1, 0.15) is 0 Å². The molecular formula is C14H14ClNO4S. The molecule has 0 N–H and O–H groups in total. The molecule has 0 bridgehead atoms. The van der Waals surface area contributed by atoms with Gasteiger partial charge in [-0.1, -0.05) is 11.6 Å². The minimum Gasteiger partial charge on any atom is -0.493 e. The first-order chi connectivity index (χ1) is 9.89. The van der Waals surface area contributed by atoms with E-state index in [0.717, 1.165) is 42.2 Å². The van der Waals surface area contributed by atoms with Crippen LogP contribution in [0.15, 0.2) is 12.1 Å². The second-order valence-electron chi connectivity index (χ2n) is 5.01. The van der Waals surface area contributed by atoms with Crippen molar-refractivity contribution >= 4 is 32.6 Å². The van der Waals surface area contributed by atoms with Crippen LogP contribution in [-0.2, 0) is 23.0 Å². The quantitative estimate of drug-likeness (QED) is 0.811. The van der Waals surface area contributed by atoms with Crippen LogP contribution < -0.4 is 8.92 Å². The van der Waals surface area contributed by atoms with Gasteiger partial charge >= 0.3 is 10.1 Å². The average molecular weight is 328 g/mol. The Morgan fingerprint density at radius 2 is 2.00 bits per heavy atom. The van der Waals surface area contributed by atoms with Crippen molar-refractivity contribution in [2.24, 2.45) is 0 Å². The normalized spacial score (nSPS) is 14.2. The number of halogens is 1. The summed E-state index contributed by atoms with van der Waals surface area (Å²) in [4.78, 5) is 4.57. The molecule has 112 valence electrons. The number of benzene rings is 1. The third-order valence-electron chi connectivity index (χ3n) is 3.47. The number of hydrogen-bond donors (Lipinski definition) is 0. The first-order valence-corrected chi connectivity index (χ1v) is 8.67. The summed E-state index contributed by atoms with van der Waals surface area (Å²) in [5, 5.41) is 1.41. The van der Waals surface area contributed by atoms with E-state index < -0.39 is 10.1 Å². The van der Waals surface area contributed by atoms with Gasteiger partial charge in [0.05, 0.1) is 23.9 Å². The standard InChI is InChI=1S/C14H14ClNO4S/c1-19-12-6-9-11(7-13(12)20-21(2,17)18)16-10-5-3-4-8(10)14(9)15/h6-7H,3-5H2,1-2H3. The lowest BCUT2D eigenvalue weighted by Gasteiger charge is -2.12.